The average Bonchev–Trinajstić information content (AvgIpc) is 3.21. The molecule has 4 rings (SSSR count). The lowest BCUT2D eigenvalue weighted by Crippen LogP contribution is -2.17. The van der Waals surface area contributed by atoms with E-state index < -0.39 is 0 Å². The molecule has 1 heterocycles. The van der Waals surface area contributed by atoms with Crippen LogP contribution in [0.1, 0.15) is 39.2 Å². The molecule has 3 aromatic rings. The molecule has 7 heteroatoms. The smallest absolute Gasteiger partial charge is 0.259 e. The molecule has 0 unspecified atom stereocenters. The number of hydrogen-bond acceptors (Lipinski definition) is 6. The first-order chi connectivity index (χ1) is 15.6. The first kappa shape index (κ1) is 22.0. The van der Waals surface area contributed by atoms with E-state index in [0.717, 1.165) is 47.6 Å². The van der Waals surface area contributed by atoms with E-state index in [1.807, 2.05) is 30.3 Å². The zero-order valence-corrected chi connectivity index (χ0v) is 19.4. The second-order valence-electron chi connectivity index (χ2n) is 7.64. The summed E-state index contributed by atoms with van der Waals surface area (Å²) in [4.78, 5) is 14.8. The molecular formula is C25H28N2O4S. The molecule has 0 bridgehead atoms. The first-order valence-electron chi connectivity index (χ1n) is 10.7. The van der Waals surface area contributed by atoms with Gasteiger partial charge in [0, 0.05) is 17.5 Å². The highest BCUT2D eigenvalue weighted by Gasteiger charge is 2.26. The van der Waals surface area contributed by atoms with Gasteiger partial charge in [-0.05, 0) is 61.1 Å². The zero-order chi connectivity index (χ0) is 22.5. The molecule has 6 nitrogen and oxygen atoms in total. The Morgan fingerprint density at radius 1 is 0.969 bits per heavy atom. The third-order valence-electron chi connectivity index (χ3n) is 5.64. The molecule has 0 atom stereocenters. The third kappa shape index (κ3) is 4.67. The molecule has 1 aliphatic rings. The fraction of sp³-hybridized carbons (Fsp3) is 0.320. The van der Waals surface area contributed by atoms with Crippen LogP contribution in [0.3, 0.4) is 0 Å². The van der Waals surface area contributed by atoms with Gasteiger partial charge in [0.05, 0.1) is 32.6 Å². The van der Waals surface area contributed by atoms with E-state index in [2.05, 4.69) is 10.6 Å². The van der Waals surface area contributed by atoms with Crippen LogP contribution in [0.2, 0.25) is 0 Å². The Labute approximate surface area is 192 Å². The van der Waals surface area contributed by atoms with Gasteiger partial charge in [0.2, 0.25) is 0 Å². The summed E-state index contributed by atoms with van der Waals surface area (Å²) in [6.07, 6.45) is 4.21. The van der Waals surface area contributed by atoms with E-state index in [9.17, 15) is 4.79 Å². The molecule has 0 spiro atoms. The highest BCUT2D eigenvalue weighted by Crippen LogP contribution is 2.39. The van der Waals surface area contributed by atoms with Gasteiger partial charge in [0.15, 0.2) is 0 Å². The van der Waals surface area contributed by atoms with E-state index in [0.29, 0.717) is 23.7 Å². The van der Waals surface area contributed by atoms with Crippen molar-refractivity contribution in [3.05, 3.63) is 64.0 Å². The molecule has 2 N–H and O–H groups in total. The first-order valence-corrected chi connectivity index (χ1v) is 11.5. The zero-order valence-electron chi connectivity index (χ0n) is 18.6. The van der Waals surface area contributed by atoms with Gasteiger partial charge in [-0.3, -0.25) is 4.79 Å². The van der Waals surface area contributed by atoms with Gasteiger partial charge >= 0.3 is 0 Å². The molecule has 0 fully saturated rings. The predicted molar refractivity (Wildman–Crippen MR) is 129 cm³/mol. The normalized spacial score (nSPS) is 12.6. The van der Waals surface area contributed by atoms with Crippen LogP contribution in [0.4, 0.5) is 10.7 Å². The molecule has 0 aliphatic heterocycles. The number of rotatable bonds is 8. The van der Waals surface area contributed by atoms with Gasteiger partial charge in [-0.1, -0.05) is 12.1 Å². The minimum Gasteiger partial charge on any atom is -0.497 e. The maximum Gasteiger partial charge on any atom is 0.259 e. The van der Waals surface area contributed by atoms with Crippen molar-refractivity contribution < 1.29 is 19.0 Å². The molecule has 2 aromatic carbocycles. The Morgan fingerprint density at radius 2 is 1.75 bits per heavy atom. The molecule has 1 amide bonds. The van der Waals surface area contributed by atoms with Crippen LogP contribution in [-0.2, 0) is 19.4 Å². The molecule has 32 heavy (non-hydrogen) atoms. The second-order valence-corrected chi connectivity index (χ2v) is 8.75. The number of methoxy groups -OCH3 is 3. The van der Waals surface area contributed by atoms with E-state index in [-0.39, 0.29) is 5.91 Å². The molecule has 168 valence electrons. The number of aryl methyl sites for hydroxylation is 1. The summed E-state index contributed by atoms with van der Waals surface area (Å²) in [5.41, 5.74) is 3.62. The van der Waals surface area contributed by atoms with Gasteiger partial charge in [0.1, 0.15) is 22.2 Å². The van der Waals surface area contributed by atoms with Crippen LogP contribution in [0.15, 0.2) is 42.5 Å². The standard InChI is InChI=1S/C25H28N2O4S/c1-29-17-8-6-7-16(13-17)15-26-25-23(19-9-4-5-10-22(19)32-25)24(28)27-20-12-11-18(30-2)14-21(20)31-3/h6-8,11-14,26H,4-5,9-10,15H2,1-3H3,(H,27,28). The molecule has 1 aliphatic carbocycles. The van der Waals surface area contributed by atoms with Crippen LogP contribution in [0.5, 0.6) is 17.2 Å². The minimum atomic E-state index is -0.124. The van der Waals surface area contributed by atoms with Crippen molar-refractivity contribution in [1.29, 1.82) is 0 Å². The largest absolute Gasteiger partial charge is 0.497 e. The van der Waals surface area contributed by atoms with Gasteiger partial charge < -0.3 is 24.8 Å². The number of benzene rings is 2. The van der Waals surface area contributed by atoms with E-state index >= 15 is 0 Å². The van der Waals surface area contributed by atoms with Crippen molar-refractivity contribution in [2.75, 3.05) is 32.0 Å². The van der Waals surface area contributed by atoms with E-state index in [4.69, 9.17) is 14.2 Å². The summed E-state index contributed by atoms with van der Waals surface area (Å²) in [5.74, 6) is 1.93. The summed E-state index contributed by atoms with van der Waals surface area (Å²) in [6.45, 7) is 0.614. The summed E-state index contributed by atoms with van der Waals surface area (Å²) in [7, 11) is 4.85. The molecule has 0 radical (unpaired) electrons. The number of ether oxygens (including phenoxy) is 3. The highest BCUT2D eigenvalue weighted by molar-refractivity contribution is 7.16. The van der Waals surface area contributed by atoms with Gasteiger partial charge in [-0.2, -0.15) is 0 Å². The average molecular weight is 453 g/mol. The molecule has 1 aromatic heterocycles. The number of thiophene rings is 1. The third-order valence-corrected chi connectivity index (χ3v) is 6.89. The second kappa shape index (κ2) is 9.96. The monoisotopic (exact) mass is 452 g/mol. The molecule has 0 saturated heterocycles. The molecule has 0 saturated carbocycles. The lowest BCUT2D eigenvalue weighted by atomic mass is 9.95. The van der Waals surface area contributed by atoms with Crippen molar-refractivity contribution in [1.82, 2.24) is 0 Å². The van der Waals surface area contributed by atoms with E-state index in [1.54, 1.807) is 44.8 Å². The van der Waals surface area contributed by atoms with Crippen molar-refractivity contribution in [3.63, 3.8) is 0 Å². The summed E-state index contributed by atoms with van der Waals surface area (Å²) in [6, 6.07) is 13.3. The summed E-state index contributed by atoms with van der Waals surface area (Å²) in [5, 5.41) is 7.46. The number of carbonyl (C=O) groups is 1. The SMILES string of the molecule is COc1cccc(CNc2sc3c(c2C(=O)Nc2ccc(OC)cc2OC)CCCC3)c1. The number of hydrogen-bond donors (Lipinski definition) is 2. The number of nitrogens with one attached hydrogen (secondary N) is 2. The predicted octanol–water partition coefficient (Wildman–Crippen LogP) is 5.52. The number of amides is 1. The Morgan fingerprint density at radius 3 is 2.53 bits per heavy atom. The van der Waals surface area contributed by atoms with Gasteiger partial charge in [0.25, 0.3) is 5.91 Å². The van der Waals surface area contributed by atoms with Crippen LogP contribution < -0.4 is 24.8 Å². The Bertz CT molecular complexity index is 1110. The van der Waals surface area contributed by atoms with Gasteiger partial charge in [-0.15, -0.1) is 11.3 Å². The van der Waals surface area contributed by atoms with Crippen molar-refractivity contribution in [2.45, 2.75) is 32.2 Å². The van der Waals surface area contributed by atoms with Crippen LogP contribution >= 0.6 is 11.3 Å². The topological polar surface area (TPSA) is 68.8 Å². The quantitative estimate of drug-likeness (QED) is 0.471. The summed E-state index contributed by atoms with van der Waals surface area (Å²) < 4.78 is 16.0. The van der Waals surface area contributed by atoms with Gasteiger partial charge in [-0.25, -0.2) is 0 Å². The summed E-state index contributed by atoms with van der Waals surface area (Å²) >= 11 is 1.69. The Hall–Kier alpha value is -3.19. The highest BCUT2D eigenvalue weighted by atomic mass is 32.1. The van der Waals surface area contributed by atoms with Crippen molar-refractivity contribution >= 4 is 27.9 Å². The minimum absolute atomic E-state index is 0.124. The van der Waals surface area contributed by atoms with E-state index in [1.165, 1.54) is 10.4 Å². The number of fused-ring (bicyclic) bond motifs is 1. The van der Waals surface area contributed by atoms with Crippen molar-refractivity contribution in [2.24, 2.45) is 0 Å². The maximum atomic E-state index is 13.5. The maximum absolute atomic E-state index is 13.5. The van der Waals surface area contributed by atoms with Crippen molar-refractivity contribution in [3.8, 4) is 17.2 Å². The Balaban J connectivity index is 1.61. The van der Waals surface area contributed by atoms with Crippen LogP contribution in [0.25, 0.3) is 0 Å². The fourth-order valence-electron chi connectivity index (χ4n) is 3.98. The molecular weight excluding hydrogens is 424 g/mol. The number of anilines is 2. The van der Waals surface area contributed by atoms with Crippen LogP contribution in [-0.4, -0.2) is 27.2 Å². The van der Waals surface area contributed by atoms with Crippen LogP contribution in [0, 0.1) is 0 Å². The number of carbonyl (C=O) groups excluding carboxylic acids is 1. The Kier molecular flexibility index (Phi) is 6.85. The fourth-order valence-corrected chi connectivity index (χ4v) is 5.26. The lowest BCUT2D eigenvalue weighted by Gasteiger charge is -2.15. The lowest BCUT2D eigenvalue weighted by molar-refractivity contribution is 0.102.